The zero-order valence-electron chi connectivity index (χ0n) is 23.9. The van der Waals surface area contributed by atoms with Crippen molar-refractivity contribution < 1.29 is 32.2 Å². The van der Waals surface area contributed by atoms with Gasteiger partial charge in [0.15, 0.2) is 22.8 Å². The predicted molar refractivity (Wildman–Crippen MR) is 145 cm³/mol. The summed E-state index contributed by atoms with van der Waals surface area (Å²) in [6.45, 7) is 5.69. The largest absolute Gasteiger partial charge is 0.465 e. The number of ether oxygens (including phenoxy) is 2. The van der Waals surface area contributed by atoms with Gasteiger partial charge in [-0.1, -0.05) is 117 Å². The molecule has 4 nitrogen and oxygen atoms in total. The van der Waals surface area contributed by atoms with Crippen LogP contribution in [0, 0.1) is 22.9 Å². The minimum Gasteiger partial charge on any atom is -0.465 e. The summed E-state index contributed by atoms with van der Waals surface area (Å²) in [4.78, 5) is 25.5. The lowest BCUT2D eigenvalue weighted by atomic mass is 9.82. The summed E-state index contributed by atoms with van der Waals surface area (Å²) in [7, 11) is 0. The molecule has 38 heavy (non-hydrogen) atoms. The third kappa shape index (κ3) is 11.8. The summed E-state index contributed by atoms with van der Waals surface area (Å²) >= 11 is 0. The molecule has 1 aromatic rings. The summed E-state index contributed by atoms with van der Waals surface area (Å²) in [5.74, 6) is -7.27. The second-order valence-electron chi connectivity index (χ2n) is 10.3. The summed E-state index contributed by atoms with van der Waals surface area (Å²) < 4.78 is 50.9. The minimum absolute atomic E-state index is 0.0748. The molecule has 0 saturated carbocycles. The lowest BCUT2D eigenvalue weighted by Gasteiger charge is -2.26. The lowest BCUT2D eigenvalue weighted by Crippen LogP contribution is -2.42. The minimum atomic E-state index is -1.74. The Hall–Kier alpha value is -2.05. The van der Waals surface area contributed by atoms with Crippen molar-refractivity contribution in [1.82, 2.24) is 0 Å². The van der Waals surface area contributed by atoms with E-state index in [1.807, 2.05) is 0 Å². The molecule has 0 aliphatic carbocycles. The Morgan fingerprint density at radius 2 is 1.08 bits per heavy atom. The number of hydrogen-bond acceptors (Lipinski definition) is 4. The van der Waals surface area contributed by atoms with Crippen LogP contribution in [0.15, 0.2) is 12.1 Å². The van der Waals surface area contributed by atoms with E-state index in [1.165, 1.54) is 77.0 Å². The molecule has 0 heterocycles. The fourth-order valence-electron chi connectivity index (χ4n) is 4.65. The molecule has 0 bridgehead atoms. The number of esters is 2. The smallest absolute Gasteiger partial charge is 0.328 e. The van der Waals surface area contributed by atoms with Gasteiger partial charge < -0.3 is 9.47 Å². The first kappa shape index (κ1) is 34.0. The topological polar surface area (TPSA) is 52.6 Å². The average Bonchev–Trinajstić information content (AvgIpc) is 2.91. The fourth-order valence-corrected chi connectivity index (χ4v) is 4.65. The molecule has 0 aliphatic rings. The van der Waals surface area contributed by atoms with E-state index in [4.69, 9.17) is 9.47 Å². The molecular weight excluding hydrogens is 493 g/mol. The second-order valence-corrected chi connectivity index (χ2v) is 10.3. The summed E-state index contributed by atoms with van der Waals surface area (Å²) in [5.41, 5.74) is -1.63. The summed E-state index contributed by atoms with van der Waals surface area (Å²) in [6, 6.07) is 1.49. The molecule has 0 fully saturated rings. The van der Waals surface area contributed by atoms with Gasteiger partial charge in [-0.2, -0.15) is 4.39 Å². The van der Waals surface area contributed by atoms with Crippen LogP contribution >= 0.6 is 0 Å². The number of rotatable bonds is 22. The van der Waals surface area contributed by atoms with Gasteiger partial charge in [0.2, 0.25) is 5.82 Å². The molecule has 0 atom stereocenters. The second kappa shape index (κ2) is 19.9. The molecule has 0 spiro atoms. The Kier molecular flexibility index (Phi) is 17.8. The monoisotopic (exact) mass is 542 g/mol. The number of halogens is 3. The molecular formula is C31H49F3O4. The first-order valence-electron chi connectivity index (χ1n) is 14.9. The Morgan fingerprint density at radius 1 is 0.632 bits per heavy atom. The Bertz CT molecular complexity index is 809. The Labute approximate surface area is 228 Å². The van der Waals surface area contributed by atoms with E-state index >= 15 is 0 Å². The van der Waals surface area contributed by atoms with Gasteiger partial charge in [-0.05, 0) is 31.4 Å². The van der Waals surface area contributed by atoms with Gasteiger partial charge >= 0.3 is 11.9 Å². The van der Waals surface area contributed by atoms with E-state index in [9.17, 15) is 22.8 Å². The van der Waals surface area contributed by atoms with Crippen LogP contribution in [0.1, 0.15) is 136 Å². The van der Waals surface area contributed by atoms with E-state index in [2.05, 4.69) is 6.92 Å². The quantitative estimate of drug-likeness (QED) is 0.0481. The van der Waals surface area contributed by atoms with E-state index in [-0.39, 0.29) is 19.4 Å². The Balaban J connectivity index is 2.21. The molecule has 0 N–H and O–H groups in total. The van der Waals surface area contributed by atoms with Crippen LogP contribution in [0.2, 0.25) is 0 Å². The first-order valence-corrected chi connectivity index (χ1v) is 14.9. The normalized spacial score (nSPS) is 11.5. The van der Waals surface area contributed by atoms with Crippen molar-refractivity contribution >= 4 is 11.9 Å². The number of carbonyl (C=O) groups is 2. The van der Waals surface area contributed by atoms with Gasteiger partial charge in [0.1, 0.15) is 0 Å². The van der Waals surface area contributed by atoms with Crippen molar-refractivity contribution in [2.75, 3.05) is 6.61 Å². The van der Waals surface area contributed by atoms with Gasteiger partial charge in [-0.3, -0.25) is 9.59 Å². The van der Waals surface area contributed by atoms with Crippen LogP contribution in [0.3, 0.4) is 0 Å². The maximum Gasteiger partial charge on any atom is 0.328 e. The van der Waals surface area contributed by atoms with Gasteiger partial charge in [0.25, 0.3) is 0 Å². The zero-order valence-corrected chi connectivity index (χ0v) is 23.9. The van der Waals surface area contributed by atoms with Crippen LogP contribution in [-0.2, 0) is 14.3 Å². The highest BCUT2D eigenvalue weighted by atomic mass is 19.2. The van der Waals surface area contributed by atoms with E-state index in [0.29, 0.717) is 12.5 Å². The highest BCUT2D eigenvalue weighted by Crippen LogP contribution is 2.32. The van der Waals surface area contributed by atoms with Crippen LogP contribution in [0.4, 0.5) is 13.2 Å². The van der Waals surface area contributed by atoms with Crippen LogP contribution in [-0.4, -0.2) is 18.5 Å². The van der Waals surface area contributed by atoms with Gasteiger partial charge in [0, 0.05) is 0 Å². The molecule has 1 aromatic carbocycles. The molecule has 0 aromatic heterocycles. The van der Waals surface area contributed by atoms with E-state index < -0.39 is 40.6 Å². The fraction of sp³-hybridized carbons (Fsp3) is 0.742. The molecule has 218 valence electrons. The highest BCUT2D eigenvalue weighted by molar-refractivity contribution is 6.00. The number of unbranched alkanes of at least 4 members (excludes halogenated alkanes) is 15. The first-order chi connectivity index (χ1) is 18.3. The van der Waals surface area contributed by atoms with Gasteiger partial charge in [-0.25, -0.2) is 8.78 Å². The Morgan fingerprint density at radius 3 is 1.53 bits per heavy atom. The van der Waals surface area contributed by atoms with E-state index in [0.717, 1.165) is 25.3 Å². The molecule has 1 rings (SSSR count). The van der Waals surface area contributed by atoms with Crippen molar-refractivity contribution in [3.05, 3.63) is 29.6 Å². The maximum atomic E-state index is 13.9. The van der Waals surface area contributed by atoms with Crippen molar-refractivity contribution in [3.63, 3.8) is 0 Å². The van der Waals surface area contributed by atoms with Crippen LogP contribution in [0.25, 0.3) is 0 Å². The SMILES string of the molecule is CCCCCCCCCCCCCCCCCCOC(=O)C(CC)(CC)C(=O)Oc1ccc(F)c(F)c1F. The number of benzene rings is 1. The maximum absolute atomic E-state index is 13.9. The van der Waals surface area contributed by atoms with Crippen molar-refractivity contribution in [1.29, 1.82) is 0 Å². The zero-order chi connectivity index (χ0) is 28.2. The molecule has 7 heteroatoms. The number of hydrogen-bond donors (Lipinski definition) is 0. The molecule has 0 amide bonds. The molecule has 0 unspecified atom stereocenters. The number of carbonyl (C=O) groups excluding carboxylic acids is 2. The van der Waals surface area contributed by atoms with Gasteiger partial charge in [-0.15, -0.1) is 0 Å². The van der Waals surface area contributed by atoms with E-state index in [1.54, 1.807) is 13.8 Å². The third-order valence-corrected chi connectivity index (χ3v) is 7.42. The molecule has 0 saturated heterocycles. The average molecular weight is 543 g/mol. The molecule has 0 aliphatic heterocycles. The highest BCUT2D eigenvalue weighted by Gasteiger charge is 2.46. The van der Waals surface area contributed by atoms with Crippen LogP contribution in [0.5, 0.6) is 5.75 Å². The predicted octanol–water partition coefficient (Wildman–Crippen LogP) is 9.62. The summed E-state index contributed by atoms with van der Waals surface area (Å²) in [5, 5.41) is 0. The van der Waals surface area contributed by atoms with Gasteiger partial charge in [0.05, 0.1) is 6.61 Å². The van der Waals surface area contributed by atoms with Crippen molar-refractivity contribution in [2.24, 2.45) is 5.41 Å². The van der Waals surface area contributed by atoms with Crippen molar-refractivity contribution in [2.45, 2.75) is 136 Å². The lowest BCUT2D eigenvalue weighted by molar-refractivity contribution is -0.168. The third-order valence-electron chi connectivity index (χ3n) is 7.42. The summed E-state index contributed by atoms with van der Waals surface area (Å²) in [6.07, 6.45) is 20.0. The molecule has 0 radical (unpaired) electrons. The van der Waals surface area contributed by atoms with Crippen LogP contribution < -0.4 is 4.74 Å². The van der Waals surface area contributed by atoms with Crippen molar-refractivity contribution in [3.8, 4) is 5.75 Å². The standard InChI is InChI=1S/C31H49F3O4/c1-4-7-8-9-10-11-12-13-14-15-16-17-18-19-20-21-24-37-29(35)31(5-2,6-3)30(36)38-26-23-22-25(32)27(33)28(26)34/h22-23H,4-21,24H2,1-3H3.